The molecular weight excluding hydrogens is 144 g/mol. The normalized spacial score (nSPS) is 15.9. The van der Waals surface area contributed by atoms with Gasteiger partial charge in [-0.05, 0) is 12.8 Å². The van der Waals surface area contributed by atoms with E-state index in [2.05, 4.69) is 5.32 Å². The lowest BCUT2D eigenvalue weighted by Gasteiger charge is -2.12. The van der Waals surface area contributed by atoms with E-state index in [1.807, 2.05) is 6.92 Å². The molecule has 0 heterocycles. The zero-order chi connectivity index (χ0) is 8.85. The molecule has 4 heteroatoms. The predicted octanol–water partition coefficient (Wildman–Crippen LogP) is -0.922. The molecule has 0 aliphatic rings. The third kappa shape index (κ3) is 4.75. The molecule has 0 aliphatic heterocycles. The maximum atomic E-state index is 10.5. The van der Waals surface area contributed by atoms with Gasteiger partial charge in [0.25, 0.3) is 0 Å². The molecule has 11 heavy (non-hydrogen) atoms. The Bertz CT molecular complexity index is 128. The van der Waals surface area contributed by atoms with Gasteiger partial charge in [-0.25, -0.2) is 0 Å². The van der Waals surface area contributed by atoms with E-state index >= 15 is 0 Å². The van der Waals surface area contributed by atoms with Crippen molar-refractivity contribution in [2.75, 3.05) is 13.2 Å². The summed E-state index contributed by atoms with van der Waals surface area (Å²) in [6.45, 7) is 4.33. The number of rotatable bonds is 5. The maximum Gasteiger partial charge on any atom is 0.234 e. The van der Waals surface area contributed by atoms with Gasteiger partial charge in [0.05, 0.1) is 6.04 Å². The number of primary amides is 1. The average Bonchev–Trinajstić information content (AvgIpc) is 1.99. The van der Waals surface area contributed by atoms with Crippen LogP contribution in [0.3, 0.4) is 0 Å². The number of nitrogens with two attached hydrogens (primary N) is 1. The first-order chi connectivity index (χ1) is 5.07. The Hall–Kier alpha value is -0.610. The fraction of sp³-hybridized carbons (Fsp3) is 0.857. The summed E-state index contributed by atoms with van der Waals surface area (Å²) >= 11 is 0. The zero-order valence-electron chi connectivity index (χ0n) is 7.00. The molecule has 0 saturated heterocycles. The van der Waals surface area contributed by atoms with Gasteiger partial charge in [-0.15, -0.1) is 0 Å². The second kappa shape index (κ2) is 5.09. The topological polar surface area (TPSA) is 75.3 Å². The number of carbonyl (C=O) groups is 1. The summed E-state index contributed by atoms with van der Waals surface area (Å²) in [5.74, 6) is -0.202. The molecule has 0 radical (unpaired) electrons. The van der Waals surface area contributed by atoms with Crippen molar-refractivity contribution in [1.29, 1.82) is 0 Å². The lowest BCUT2D eigenvalue weighted by atomic mass is 10.2. The van der Waals surface area contributed by atoms with Gasteiger partial charge in [0.15, 0.2) is 0 Å². The van der Waals surface area contributed by atoms with Gasteiger partial charge in [-0.3, -0.25) is 4.79 Å². The highest BCUT2D eigenvalue weighted by molar-refractivity contribution is 5.79. The van der Waals surface area contributed by atoms with Gasteiger partial charge in [-0.2, -0.15) is 0 Å². The molecule has 0 aliphatic carbocycles. The molecule has 0 spiro atoms. The summed E-state index contributed by atoms with van der Waals surface area (Å²) < 4.78 is 0. The number of aliphatic hydroxyl groups excluding tert-OH is 1. The first-order valence-electron chi connectivity index (χ1n) is 3.71. The first kappa shape index (κ1) is 10.4. The van der Waals surface area contributed by atoms with E-state index in [-0.39, 0.29) is 24.5 Å². The smallest absolute Gasteiger partial charge is 0.234 e. The molecule has 4 nitrogen and oxygen atoms in total. The van der Waals surface area contributed by atoms with Crippen LogP contribution in [0, 0.1) is 5.92 Å². The third-order valence-corrected chi connectivity index (χ3v) is 1.51. The summed E-state index contributed by atoms with van der Waals surface area (Å²) in [6.07, 6.45) is 0. The van der Waals surface area contributed by atoms with Crippen molar-refractivity contribution >= 4 is 5.91 Å². The molecule has 2 atom stereocenters. The van der Waals surface area contributed by atoms with Crippen molar-refractivity contribution in [2.45, 2.75) is 19.9 Å². The van der Waals surface area contributed by atoms with Crippen LogP contribution in [0.2, 0.25) is 0 Å². The second-order valence-corrected chi connectivity index (χ2v) is 2.82. The predicted molar refractivity (Wildman–Crippen MR) is 42.9 cm³/mol. The summed E-state index contributed by atoms with van der Waals surface area (Å²) in [4.78, 5) is 10.5. The monoisotopic (exact) mass is 160 g/mol. The minimum atomic E-state index is -0.366. The van der Waals surface area contributed by atoms with Crippen molar-refractivity contribution in [3.8, 4) is 0 Å². The fourth-order valence-electron chi connectivity index (χ4n) is 0.543. The average molecular weight is 160 g/mol. The lowest BCUT2D eigenvalue weighted by molar-refractivity contribution is -0.119. The quantitative estimate of drug-likeness (QED) is 0.487. The minimum Gasteiger partial charge on any atom is -0.396 e. The van der Waals surface area contributed by atoms with Gasteiger partial charge in [0, 0.05) is 13.2 Å². The number of hydrogen-bond donors (Lipinski definition) is 3. The van der Waals surface area contributed by atoms with Crippen LogP contribution in [0.15, 0.2) is 0 Å². The van der Waals surface area contributed by atoms with Crippen LogP contribution < -0.4 is 11.1 Å². The molecule has 0 rings (SSSR count). The van der Waals surface area contributed by atoms with Crippen LogP contribution >= 0.6 is 0 Å². The maximum absolute atomic E-state index is 10.5. The van der Waals surface area contributed by atoms with Gasteiger partial charge < -0.3 is 16.2 Å². The highest BCUT2D eigenvalue weighted by Gasteiger charge is 2.08. The highest BCUT2D eigenvalue weighted by atomic mass is 16.3. The SMILES string of the molecule is CC(CO)CNC(C)C(N)=O. The minimum absolute atomic E-state index is 0.123. The molecular formula is C7H16N2O2. The van der Waals surface area contributed by atoms with Crippen LogP contribution in [-0.4, -0.2) is 30.2 Å². The van der Waals surface area contributed by atoms with Crippen LogP contribution in [-0.2, 0) is 4.79 Å². The van der Waals surface area contributed by atoms with E-state index in [1.165, 1.54) is 0 Å². The molecule has 2 unspecified atom stereocenters. The molecule has 0 aromatic carbocycles. The van der Waals surface area contributed by atoms with Crippen LogP contribution in [0.1, 0.15) is 13.8 Å². The van der Waals surface area contributed by atoms with Crippen molar-refractivity contribution in [3.05, 3.63) is 0 Å². The van der Waals surface area contributed by atoms with Crippen molar-refractivity contribution < 1.29 is 9.90 Å². The molecule has 0 aromatic rings. The van der Waals surface area contributed by atoms with Crippen molar-refractivity contribution in [3.63, 3.8) is 0 Å². The molecule has 4 N–H and O–H groups in total. The van der Waals surface area contributed by atoms with E-state index in [4.69, 9.17) is 10.8 Å². The van der Waals surface area contributed by atoms with Gasteiger partial charge in [0.1, 0.15) is 0 Å². The van der Waals surface area contributed by atoms with Crippen LogP contribution in [0.25, 0.3) is 0 Å². The first-order valence-corrected chi connectivity index (χ1v) is 3.71. The Kier molecular flexibility index (Phi) is 4.81. The van der Waals surface area contributed by atoms with Gasteiger partial charge in [-0.1, -0.05) is 6.92 Å². The Balaban J connectivity index is 3.45. The number of carbonyl (C=O) groups excluding carboxylic acids is 1. The van der Waals surface area contributed by atoms with E-state index in [9.17, 15) is 4.79 Å². The Morgan fingerprint density at radius 1 is 1.64 bits per heavy atom. The Morgan fingerprint density at radius 3 is 2.55 bits per heavy atom. The molecule has 1 amide bonds. The lowest BCUT2D eigenvalue weighted by Crippen LogP contribution is -2.41. The summed E-state index contributed by atoms with van der Waals surface area (Å²) in [5.41, 5.74) is 5.00. The standard InChI is InChI=1S/C7H16N2O2/c1-5(4-10)3-9-6(2)7(8)11/h5-6,9-10H,3-4H2,1-2H3,(H2,8,11). The number of aliphatic hydroxyl groups is 1. The molecule has 0 saturated carbocycles. The van der Waals surface area contributed by atoms with Crippen molar-refractivity contribution in [1.82, 2.24) is 5.32 Å². The zero-order valence-corrected chi connectivity index (χ0v) is 7.00. The molecule has 66 valence electrons. The molecule has 0 fully saturated rings. The number of hydrogen-bond acceptors (Lipinski definition) is 3. The third-order valence-electron chi connectivity index (χ3n) is 1.51. The largest absolute Gasteiger partial charge is 0.396 e. The van der Waals surface area contributed by atoms with Gasteiger partial charge in [0.2, 0.25) is 5.91 Å². The summed E-state index contributed by atoms with van der Waals surface area (Å²) in [6, 6.07) is -0.316. The summed E-state index contributed by atoms with van der Waals surface area (Å²) in [5, 5.41) is 11.5. The fourth-order valence-corrected chi connectivity index (χ4v) is 0.543. The molecule has 0 bridgehead atoms. The Morgan fingerprint density at radius 2 is 2.18 bits per heavy atom. The summed E-state index contributed by atoms with van der Waals surface area (Å²) in [7, 11) is 0. The van der Waals surface area contributed by atoms with Crippen molar-refractivity contribution in [2.24, 2.45) is 11.7 Å². The number of amides is 1. The molecule has 0 aromatic heterocycles. The van der Waals surface area contributed by atoms with Crippen LogP contribution in [0.5, 0.6) is 0 Å². The highest BCUT2D eigenvalue weighted by Crippen LogP contribution is 1.90. The van der Waals surface area contributed by atoms with E-state index < -0.39 is 0 Å². The van der Waals surface area contributed by atoms with Gasteiger partial charge >= 0.3 is 0 Å². The van der Waals surface area contributed by atoms with E-state index in [0.29, 0.717) is 6.54 Å². The second-order valence-electron chi connectivity index (χ2n) is 2.82. The van der Waals surface area contributed by atoms with E-state index in [1.54, 1.807) is 6.92 Å². The number of nitrogens with one attached hydrogen (secondary N) is 1. The van der Waals surface area contributed by atoms with Crippen LogP contribution in [0.4, 0.5) is 0 Å². The van der Waals surface area contributed by atoms with E-state index in [0.717, 1.165) is 0 Å². The Labute approximate surface area is 66.8 Å².